The van der Waals surface area contributed by atoms with Crippen molar-refractivity contribution in [1.82, 2.24) is 10.1 Å². The number of carboxylic acid groups (broad SMARTS) is 1. The van der Waals surface area contributed by atoms with E-state index in [-0.39, 0.29) is 5.76 Å². The van der Waals surface area contributed by atoms with Crippen molar-refractivity contribution in [2.24, 2.45) is 0 Å². The summed E-state index contributed by atoms with van der Waals surface area (Å²) in [6, 6.07) is 6.77. The smallest absolute Gasteiger partial charge is 0.374 e. The van der Waals surface area contributed by atoms with Crippen molar-refractivity contribution >= 4 is 5.97 Å². The van der Waals surface area contributed by atoms with Crippen molar-refractivity contribution in [2.75, 3.05) is 0 Å². The number of pyridine rings is 1. The highest BCUT2D eigenvalue weighted by Crippen LogP contribution is 2.16. The minimum atomic E-state index is -1.14. The summed E-state index contributed by atoms with van der Waals surface area (Å²) in [5.41, 5.74) is 1.87. The maximum Gasteiger partial charge on any atom is 0.374 e. The Kier molecular flexibility index (Phi) is 2.21. The summed E-state index contributed by atoms with van der Waals surface area (Å²) in [4.78, 5) is 14.8. The van der Waals surface area contributed by atoms with Crippen LogP contribution >= 0.6 is 0 Å². The highest BCUT2D eigenvalue weighted by atomic mass is 16.5. The van der Waals surface area contributed by atoms with Crippen molar-refractivity contribution in [1.29, 1.82) is 0 Å². The van der Waals surface area contributed by atoms with E-state index in [0.717, 1.165) is 5.69 Å². The molecule has 2 aromatic rings. The number of aromatic nitrogens is 2. The summed E-state index contributed by atoms with van der Waals surface area (Å²) in [5.74, 6) is -1.32. The molecule has 0 aliphatic heterocycles. The van der Waals surface area contributed by atoms with E-state index in [4.69, 9.17) is 5.11 Å². The van der Waals surface area contributed by atoms with Crippen molar-refractivity contribution < 1.29 is 14.4 Å². The molecule has 0 amide bonds. The highest BCUT2D eigenvalue weighted by Gasteiger charge is 2.12. The van der Waals surface area contributed by atoms with Gasteiger partial charge in [-0.25, -0.2) is 4.79 Å². The summed E-state index contributed by atoms with van der Waals surface area (Å²) in [5, 5.41) is 12.3. The van der Waals surface area contributed by atoms with E-state index < -0.39 is 5.97 Å². The quantitative estimate of drug-likeness (QED) is 0.806. The molecule has 15 heavy (non-hydrogen) atoms. The van der Waals surface area contributed by atoms with Crippen LogP contribution in [0.2, 0.25) is 0 Å². The Morgan fingerprint density at radius 1 is 1.40 bits per heavy atom. The van der Waals surface area contributed by atoms with Crippen LogP contribution in [0.15, 0.2) is 28.8 Å². The molecule has 0 atom stereocenters. The van der Waals surface area contributed by atoms with E-state index in [9.17, 15) is 4.79 Å². The maximum atomic E-state index is 10.6. The lowest BCUT2D eigenvalue weighted by Crippen LogP contribution is -1.91. The SMILES string of the molecule is Cc1cccc(-c2cc(C(=O)O)on2)n1. The normalized spacial score (nSPS) is 10.2. The number of aryl methyl sites for hydroxylation is 1. The molecule has 1 N–H and O–H groups in total. The molecule has 5 heteroatoms. The van der Waals surface area contributed by atoms with Gasteiger partial charge in [0.15, 0.2) is 0 Å². The lowest BCUT2D eigenvalue weighted by Gasteiger charge is -1.94. The first kappa shape index (κ1) is 9.39. The molecule has 2 aromatic heterocycles. The van der Waals surface area contributed by atoms with E-state index in [1.165, 1.54) is 6.07 Å². The third kappa shape index (κ3) is 1.85. The molecule has 0 fully saturated rings. The Bertz CT molecular complexity index is 505. The average Bonchev–Trinajstić information content (AvgIpc) is 2.66. The fraction of sp³-hybridized carbons (Fsp3) is 0.100. The van der Waals surface area contributed by atoms with Gasteiger partial charge in [-0.3, -0.25) is 4.98 Å². The van der Waals surface area contributed by atoms with Crippen LogP contribution in [0, 0.1) is 6.92 Å². The van der Waals surface area contributed by atoms with Crippen molar-refractivity contribution in [3.05, 3.63) is 35.7 Å². The lowest BCUT2D eigenvalue weighted by molar-refractivity contribution is 0.0652. The van der Waals surface area contributed by atoms with Crippen LogP contribution < -0.4 is 0 Å². The second-order valence-electron chi connectivity index (χ2n) is 3.05. The van der Waals surface area contributed by atoms with Crippen LogP contribution in [0.5, 0.6) is 0 Å². The number of carboxylic acids is 1. The summed E-state index contributed by atoms with van der Waals surface area (Å²) < 4.78 is 4.63. The third-order valence-electron chi connectivity index (χ3n) is 1.87. The predicted octanol–water partition coefficient (Wildman–Crippen LogP) is 1.74. The van der Waals surface area contributed by atoms with Gasteiger partial charge in [-0.2, -0.15) is 0 Å². The summed E-state index contributed by atoms with van der Waals surface area (Å²) >= 11 is 0. The second kappa shape index (κ2) is 3.53. The van der Waals surface area contributed by atoms with E-state index in [1.54, 1.807) is 6.07 Å². The van der Waals surface area contributed by atoms with Crippen molar-refractivity contribution in [2.45, 2.75) is 6.92 Å². The topological polar surface area (TPSA) is 76.2 Å². The Balaban J connectivity index is 2.41. The van der Waals surface area contributed by atoms with Crippen LogP contribution in [0.3, 0.4) is 0 Å². The van der Waals surface area contributed by atoms with E-state index >= 15 is 0 Å². The first-order valence-electron chi connectivity index (χ1n) is 4.31. The van der Waals surface area contributed by atoms with Crippen LogP contribution in [0.4, 0.5) is 0 Å². The summed E-state index contributed by atoms with van der Waals surface area (Å²) in [6.07, 6.45) is 0. The molecular formula is C10H8N2O3. The molecule has 0 radical (unpaired) electrons. The van der Waals surface area contributed by atoms with Crippen LogP contribution in [-0.2, 0) is 0 Å². The zero-order chi connectivity index (χ0) is 10.8. The van der Waals surface area contributed by atoms with Gasteiger partial charge in [0.2, 0.25) is 5.76 Å². The molecule has 2 heterocycles. The van der Waals surface area contributed by atoms with Crippen LogP contribution in [-0.4, -0.2) is 21.2 Å². The Labute approximate surface area is 85.4 Å². The summed E-state index contributed by atoms with van der Waals surface area (Å²) in [6.45, 7) is 1.85. The Morgan fingerprint density at radius 2 is 2.20 bits per heavy atom. The standard InChI is InChI=1S/C10H8N2O3/c1-6-3-2-4-7(11-6)8-5-9(10(13)14)15-12-8/h2-5H,1H3,(H,13,14). The Hall–Kier alpha value is -2.17. The lowest BCUT2D eigenvalue weighted by atomic mass is 10.2. The monoisotopic (exact) mass is 204 g/mol. The molecule has 0 saturated carbocycles. The zero-order valence-corrected chi connectivity index (χ0v) is 7.97. The molecule has 0 bridgehead atoms. The molecule has 0 aliphatic carbocycles. The third-order valence-corrected chi connectivity index (χ3v) is 1.87. The van der Waals surface area contributed by atoms with Crippen molar-refractivity contribution in [3.8, 4) is 11.4 Å². The number of aromatic carboxylic acids is 1. The number of hydrogen-bond donors (Lipinski definition) is 1. The fourth-order valence-corrected chi connectivity index (χ4v) is 1.18. The molecule has 5 nitrogen and oxygen atoms in total. The van der Waals surface area contributed by atoms with Gasteiger partial charge in [-0.05, 0) is 19.1 Å². The van der Waals surface area contributed by atoms with Crippen LogP contribution in [0.1, 0.15) is 16.2 Å². The van der Waals surface area contributed by atoms with Gasteiger partial charge < -0.3 is 9.63 Å². The van der Waals surface area contributed by atoms with Gasteiger partial charge in [0, 0.05) is 11.8 Å². The van der Waals surface area contributed by atoms with Gasteiger partial charge in [0.05, 0.1) is 5.69 Å². The molecule has 2 rings (SSSR count). The van der Waals surface area contributed by atoms with Gasteiger partial charge >= 0.3 is 5.97 Å². The highest BCUT2D eigenvalue weighted by molar-refractivity contribution is 5.85. The average molecular weight is 204 g/mol. The first-order valence-corrected chi connectivity index (χ1v) is 4.31. The molecular weight excluding hydrogens is 196 g/mol. The Morgan fingerprint density at radius 3 is 2.80 bits per heavy atom. The minimum Gasteiger partial charge on any atom is -0.475 e. The number of rotatable bonds is 2. The minimum absolute atomic E-state index is 0.187. The van der Waals surface area contributed by atoms with E-state index in [0.29, 0.717) is 11.4 Å². The largest absolute Gasteiger partial charge is 0.475 e. The maximum absolute atomic E-state index is 10.6. The van der Waals surface area contributed by atoms with Crippen LogP contribution in [0.25, 0.3) is 11.4 Å². The second-order valence-corrected chi connectivity index (χ2v) is 3.05. The van der Waals surface area contributed by atoms with Gasteiger partial charge in [-0.15, -0.1) is 0 Å². The fourth-order valence-electron chi connectivity index (χ4n) is 1.18. The van der Waals surface area contributed by atoms with Gasteiger partial charge in [0.25, 0.3) is 0 Å². The van der Waals surface area contributed by atoms with E-state index in [1.807, 2.05) is 19.1 Å². The molecule has 0 aliphatic rings. The molecule has 76 valence electrons. The first-order chi connectivity index (χ1) is 7.16. The summed E-state index contributed by atoms with van der Waals surface area (Å²) in [7, 11) is 0. The molecule has 0 unspecified atom stereocenters. The van der Waals surface area contributed by atoms with Gasteiger partial charge in [-0.1, -0.05) is 11.2 Å². The zero-order valence-electron chi connectivity index (χ0n) is 7.97. The number of hydrogen-bond acceptors (Lipinski definition) is 4. The number of nitrogens with zero attached hydrogens (tertiary/aromatic N) is 2. The molecule has 0 saturated heterocycles. The molecule has 0 spiro atoms. The van der Waals surface area contributed by atoms with Gasteiger partial charge in [0.1, 0.15) is 5.69 Å². The predicted molar refractivity (Wildman–Crippen MR) is 51.4 cm³/mol. The van der Waals surface area contributed by atoms with E-state index in [2.05, 4.69) is 14.7 Å². The van der Waals surface area contributed by atoms with Crippen molar-refractivity contribution in [3.63, 3.8) is 0 Å². The number of carbonyl (C=O) groups is 1. The molecule has 0 aromatic carbocycles.